The molecule has 0 aliphatic rings. The number of nitrogens with two attached hydrogens (primary N) is 1. The van der Waals surface area contributed by atoms with Crippen LogP contribution in [-0.2, 0) is 22.7 Å². The van der Waals surface area contributed by atoms with Crippen LogP contribution in [0.3, 0.4) is 0 Å². The number of aromatic nitrogens is 3. The highest BCUT2D eigenvalue weighted by Gasteiger charge is 2.26. The second kappa shape index (κ2) is 12.2. The van der Waals surface area contributed by atoms with E-state index in [0.29, 0.717) is 28.8 Å². The summed E-state index contributed by atoms with van der Waals surface area (Å²) in [7, 11) is 0. The van der Waals surface area contributed by atoms with Gasteiger partial charge in [-0.25, -0.2) is 4.79 Å². The van der Waals surface area contributed by atoms with Crippen LogP contribution in [0.15, 0.2) is 33.9 Å². The van der Waals surface area contributed by atoms with Gasteiger partial charge in [0.15, 0.2) is 11.0 Å². The minimum atomic E-state index is -0.679. The Balaban J connectivity index is 1.67. The summed E-state index contributed by atoms with van der Waals surface area (Å²) in [6, 6.07) is 7.46. The van der Waals surface area contributed by atoms with Gasteiger partial charge in [-0.05, 0) is 50.6 Å². The van der Waals surface area contributed by atoms with Gasteiger partial charge in [0.25, 0.3) is 5.91 Å². The van der Waals surface area contributed by atoms with Gasteiger partial charge >= 0.3 is 5.97 Å². The second-order valence-electron chi connectivity index (χ2n) is 7.07. The van der Waals surface area contributed by atoms with Crippen molar-refractivity contribution in [2.45, 2.75) is 39.1 Å². The number of primary amides is 1. The maximum atomic E-state index is 12.7. The van der Waals surface area contributed by atoms with Crippen molar-refractivity contribution in [1.82, 2.24) is 14.8 Å². The molecule has 10 nitrogen and oxygen atoms in total. The van der Waals surface area contributed by atoms with E-state index in [9.17, 15) is 14.4 Å². The number of ether oxygens (including phenoxy) is 2. The fourth-order valence-electron chi connectivity index (χ4n) is 3.11. The fourth-order valence-corrected chi connectivity index (χ4v) is 5.26. The lowest BCUT2D eigenvalue weighted by atomic mass is 10.1. The smallest absolute Gasteiger partial charge is 0.341 e. The van der Waals surface area contributed by atoms with E-state index in [0.717, 1.165) is 15.8 Å². The molecule has 0 fully saturated rings. The summed E-state index contributed by atoms with van der Waals surface area (Å²) >= 11 is 5.53. The topological polar surface area (TPSA) is 138 Å². The van der Waals surface area contributed by atoms with Crippen LogP contribution in [0.2, 0.25) is 0 Å². The van der Waals surface area contributed by atoms with Crippen molar-refractivity contribution in [2.24, 2.45) is 5.73 Å². The van der Waals surface area contributed by atoms with Gasteiger partial charge in [-0.15, -0.1) is 21.5 Å². The van der Waals surface area contributed by atoms with Crippen molar-refractivity contribution >= 4 is 61.8 Å². The van der Waals surface area contributed by atoms with Gasteiger partial charge < -0.3 is 25.1 Å². The van der Waals surface area contributed by atoms with Crippen molar-refractivity contribution in [3.05, 3.63) is 50.6 Å². The van der Waals surface area contributed by atoms with Crippen molar-refractivity contribution in [2.75, 3.05) is 17.7 Å². The van der Waals surface area contributed by atoms with Gasteiger partial charge in [0.05, 0.1) is 22.8 Å². The molecule has 2 aromatic heterocycles. The largest absolute Gasteiger partial charge is 0.486 e. The zero-order valence-electron chi connectivity index (χ0n) is 19.3. The predicted octanol–water partition coefficient (Wildman–Crippen LogP) is 4.02. The summed E-state index contributed by atoms with van der Waals surface area (Å²) in [5.74, 6) is -0.346. The normalized spacial score (nSPS) is 10.7. The summed E-state index contributed by atoms with van der Waals surface area (Å²) in [5.41, 5.74) is 5.92. The van der Waals surface area contributed by atoms with Crippen molar-refractivity contribution < 1.29 is 23.9 Å². The Labute approximate surface area is 218 Å². The number of halogens is 1. The van der Waals surface area contributed by atoms with Crippen LogP contribution >= 0.6 is 39.0 Å². The van der Waals surface area contributed by atoms with Crippen LogP contribution in [0.4, 0.5) is 5.00 Å². The number of nitrogens with zero attached hydrogens (tertiary/aromatic N) is 3. The monoisotopic (exact) mass is 581 g/mol. The average molecular weight is 583 g/mol. The molecule has 0 saturated heterocycles. The highest BCUT2D eigenvalue weighted by molar-refractivity contribution is 9.10. The molecule has 13 heteroatoms. The summed E-state index contributed by atoms with van der Waals surface area (Å²) in [4.78, 5) is 37.0. The third kappa shape index (κ3) is 6.61. The molecule has 0 unspecified atom stereocenters. The van der Waals surface area contributed by atoms with Gasteiger partial charge in [-0.3, -0.25) is 9.59 Å². The van der Waals surface area contributed by atoms with E-state index in [2.05, 4.69) is 31.4 Å². The standard InChI is InChI=1S/C22H24BrN5O5S2/c1-4-28-15(10-33-14-8-6-13(23)7-9-14)26-27-22(28)34-11-16(29)25-20-17(21(31)32-5-2)12(3)18(35-20)19(24)30/h6-9H,4-5,10-11H2,1-3H3,(H2,24,30)(H,25,29). The summed E-state index contributed by atoms with van der Waals surface area (Å²) in [6.07, 6.45) is 0. The van der Waals surface area contributed by atoms with Gasteiger partial charge in [0.1, 0.15) is 17.4 Å². The number of hydrogen-bond donors (Lipinski definition) is 2. The average Bonchev–Trinajstić information content (AvgIpc) is 3.37. The maximum absolute atomic E-state index is 12.7. The molecule has 0 bridgehead atoms. The molecule has 0 radical (unpaired) electrons. The minimum absolute atomic E-state index is 0.0107. The first-order valence-electron chi connectivity index (χ1n) is 10.6. The molecular formula is C22H24BrN5O5S2. The van der Waals surface area contributed by atoms with Gasteiger partial charge in [-0.2, -0.15) is 0 Å². The zero-order valence-corrected chi connectivity index (χ0v) is 22.5. The number of thiophene rings is 1. The van der Waals surface area contributed by atoms with Crippen molar-refractivity contribution in [1.29, 1.82) is 0 Å². The van der Waals surface area contributed by atoms with Gasteiger partial charge in [0, 0.05) is 11.0 Å². The van der Waals surface area contributed by atoms with Gasteiger partial charge in [0.2, 0.25) is 5.91 Å². The number of nitrogens with one attached hydrogen (secondary N) is 1. The predicted molar refractivity (Wildman–Crippen MR) is 137 cm³/mol. The first kappa shape index (κ1) is 26.7. The quantitative estimate of drug-likeness (QED) is 0.256. The number of carbonyl (C=O) groups is 3. The molecule has 3 rings (SSSR count). The molecule has 3 aromatic rings. The summed E-state index contributed by atoms with van der Waals surface area (Å²) < 4.78 is 13.7. The summed E-state index contributed by atoms with van der Waals surface area (Å²) in [5, 5.41) is 11.8. The molecule has 186 valence electrons. The number of hydrogen-bond acceptors (Lipinski definition) is 9. The van der Waals surface area contributed by atoms with Crippen LogP contribution in [-0.4, -0.2) is 44.9 Å². The first-order valence-corrected chi connectivity index (χ1v) is 13.2. The fraction of sp³-hybridized carbons (Fsp3) is 0.318. The van der Waals surface area contributed by atoms with E-state index < -0.39 is 11.9 Å². The number of rotatable bonds is 11. The Kier molecular flexibility index (Phi) is 9.29. The minimum Gasteiger partial charge on any atom is -0.486 e. The molecule has 3 N–H and O–H groups in total. The van der Waals surface area contributed by atoms with E-state index in [4.69, 9.17) is 15.2 Å². The number of thioether (sulfide) groups is 1. The Morgan fingerprint density at radius 3 is 2.54 bits per heavy atom. The Morgan fingerprint density at radius 1 is 1.20 bits per heavy atom. The lowest BCUT2D eigenvalue weighted by Crippen LogP contribution is -2.17. The van der Waals surface area contributed by atoms with E-state index >= 15 is 0 Å². The molecule has 2 heterocycles. The molecule has 35 heavy (non-hydrogen) atoms. The van der Waals surface area contributed by atoms with Crippen molar-refractivity contribution in [3.8, 4) is 5.75 Å². The maximum Gasteiger partial charge on any atom is 0.341 e. The van der Waals surface area contributed by atoms with Crippen molar-refractivity contribution in [3.63, 3.8) is 0 Å². The van der Waals surface area contributed by atoms with Crippen LogP contribution in [0, 0.1) is 6.92 Å². The van der Waals surface area contributed by atoms with E-state index in [1.807, 2.05) is 35.8 Å². The Morgan fingerprint density at radius 2 is 1.91 bits per heavy atom. The number of amides is 2. The SMILES string of the molecule is CCOC(=O)c1c(NC(=O)CSc2nnc(COc3ccc(Br)cc3)n2CC)sc(C(N)=O)c1C. The first-order chi connectivity index (χ1) is 16.7. The van der Waals surface area contributed by atoms with E-state index in [1.54, 1.807) is 13.8 Å². The lowest BCUT2D eigenvalue weighted by molar-refractivity contribution is -0.113. The number of esters is 1. The van der Waals surface area contributed by atoms with E-state index in [1.165, 1.54) is 11.8 Å². The molecular weight excluding hydrogens is 558 g/mol. The lowest BCUT2D eigenvalue weighted by Gasteiger charge is -2.09. The Hall–Kier alpha value is -2.90. The molecule has 0 saturated carbocycles. The molecule has 0 aliphatic heterocycles. The highest BCUT2D eigenvalue weighted by atomic mass is 79.9. The third-order valence-electron chi connectivity index (χ3n) is 4.73. The van der Waals surface area contributed by atoms with Gasteiger partial charge in [-0.1, -0.05) is 27.7 Å². The van der Waals surface area contributed by atoms with Crippen LogP contribution in [0.1, 0.15) is 45.3 Å². The molecule has 1 aromatic carbocycles. The summed E-state index contributed by atoms with van der Waals surface area (Å²) in [6.45, 7) is 6.18. The molecule has 0 atom stereocenters. The van der Waals surface area contributed by atoms with Crippen LogP contribution in [0.5, 0.6) is 5.75 Å². The number of anilines is 1. The number of benzene rings is 1. The van der Waals surface area contributed by atoms with Crippen LogP contribution in [0.25, 0.3) is 0 Å². The van der Waals surface area contributed by atoms with Crippen LogP contribution < -0.4 is 15.8 Å². The van der Waals surface area contributed by atoms with E-state index in [-0.39, 0.29) is 40.3 Å². The number of carbonyl (C=O) groups excluding carboxylic acids is 3. The zero-order chi connectivity index (χ0) is 25.5. The molecule has 0 aliphatic carbocycles. The highest BCUT2D eigenvalue weighted by Crippen LogP contribution is 2.34. The third-order valence-corrected chi connectivity index (χ3v) is 7.44. The molecule has 2 amide bonds. The molecule has 0 spiro atoms. The Bertz CT molecular complexity index is 1230. The second-order valence-corrected chi connectivity index (χ2v) is 9.95.